The van der Waals surface area contributed by atoms with Crippen molar-refractivity contribution in [1.29, 1.82) is 0 Å². The Morgan fingerprint density at radius 2 is 0.857 bits per heavy atom. The smallest absolute Gasteiger partial charge is 0.0468 e. The summed E-state index contributed by atoms with van der Waals surface area (Å²) >= 11 is 0. The first-order chi connectivity index (χ1) is 31.2. The summed E-state index contributed by atoms with van der Waals surface area (Å²) in [5, 5.41) is 5.06. The fourth-order valence-electron chi connectivity index (χ4n) is 9.36. The number of hydrogen-bond acceptors (Lipinski definition) is 1. The molecular weight excluding hydrogens is 759 g/mol. The third kappa shape index (κ3) is 7.56. The molecule has 1 atom stereocenters. The van der Waals surface area contributed by atoms with Gasteiger partial charge >= 0.3 is 0 Å². The van der Waals surface area contributed by atoms with Crippen LogP contribution in [0, 0.1) is 0 Å². The van der Waals surface area contributed by atoms with E-state index in [1.807, 2.05) is 0 Å². The summed E-state index contributed by atoms with van der Waals surface area (Å²) in [6.07, 6.45) is 9.91. The van der Waals surface area contributed by atoms with Crippen molar-refractivity contribution in [2.75, 3.05) is 4.90 Å². The highest BCUT2D eigenvalue weighted by Gasteiger charge is 2.19. The first kappa shape index (κ1) is 38.0. The Labute approximate surface area is 370 Å². The molecule has 11 rings (SSSR count). The van der Waals surface area contributed by atoms with E-state index in [-0.39, 0.29) is 0 Å². The maximum absolute atomic E-state index is 2.40. The van der Waals surface area contributed by atoms with Crippen molar-refractivity contribution >= 4 is 38.6 Å². The second-order valence-corrected chi connectivity index (χ2v) is 16.4. The van der Waals surface area contributed by atoms with Crippen molar-refractivity contribution in [3.8, 4) is 55.6 Å². The van der Waals surface area contributed by atoms with E-state index in [0.717, 1.165) is 23.5 Å². The predicted octanol–water partition coefficient (Wildman–Crippen LogP) is 17.4. The largest absolute Gasteiger partial charge is 0.310 e. The molecule has 0 aliphatic heterocycles. The van der Waals surface area contributed by atoms with Crippen molar-refractivity contribution in [3.63, 3.8) is 0 Å². The van der Waals surface area contributed by atoms with E-state index in [2.05, 4.69) is 260 Å². The lowest BCUT2D eigenvalue weighted by Crippen LogP contribution is -2.10. The van der Waals surface area contributed by atoms with Gasteiger partial charge in [0.05, 0.1) is 0 Å². The molecule has 1 unspecified atom stereocenters. The van der Waals surface area contributed by atoms with E-state index in [0.29, 0.717) is 5.92 Å². The summed E-state index contributed by atoms with van der Waals surface area (Å²) in [4.78, 5) is 2.40. The zero-order chi connectivity index (χ0) is 42.0. The van der Waals surface area contributed by atoms with Crippen molar-refractivity contribution in [3.05, 3.63) is 260 Å². The lowest BCUT2D eigenvalue weighted by Gasteiger charge is -2.27. The van der Waals surface area contributed by atoms with E-state index in [1.165, 1.54) is 82.7 Å². The molecule has 0 saturated heterocycles. The molecule has 0 bridgehead atoms. The van der Waals surface area contributed by atoms with Crippen LogP contribution >= 0.6 is 0 Å². The summed E-state index contributed by atoms with van der Waals surface area (Å²) in [5.74, 6) is 0.391. The van der Waals surface area contributed by atoms with Gasteiger partial charge in [-0.1, -0.05) is 206 Å². The van der Waals surface area contributed by atoms with Crippen molar-refractivity contribution in [2.24, 2.45) is 0 Å². The molecule has 0 N–H and O–H groups in total. The molecule has 0 heterocycles. The maximum atomic E-state index is 2.40. The molecule has 10 aromatic carbocycles. The van der Waals surface area contributed by atoms with Gasteiger partial charge in [0, 0.05) is 23.0 Å². The number of benzene rings is 10. The van der Waals surface area contributed by atoms with Crippen LogP contribution in [0.25, 0.3) is 77.2 Å². The SMILES string of the molecule is C1=CCC(c2ccc(-c3cc(N(c4ccc(-c5ccccc5)cc4)c4ccc(-c5cc6ccccc6c6ccccc56)cc4)ccc3-c3cccc(-c4ccccc4)c3)cc2)C=C1. The fraction of sp³-hybridized carbons (Fsp3) is 0.0323. The molecule has 1 aliphatic carbocycles. The first-order valence-corrected chi connectivity index (χ1v) is 21.9. The Bertz CT molecular complexity index is 3270. The molecule has 0 amide bonds. The molecule has 0 saturated carbocycles. The van der Waals surface area contributed by atoms with E-state index in [1.54, 1.807) is 0 Å². The zero-order valence-electron chi connectivity index (χ0n) is 35.0. The molecule has 298 valence electrons. The quantitative estimate of drug-likeness (QED) is 0.131. The van der Waals surface area contributed by atoms with Gasteiger partial charge in [0.1, 0.15) is 0 Å². The van der Waals surface area contributed by atoms with Gasteiger partial charge in [-0.25, -0.2) is 0 Å². The highest BCUT2D eigenvalue weighted by Crippen LogP contribution is 2.43. The summed E-state index contributed by atoms with van der Waals surface area (Å²) in [6, 6.07) is 84.5. The highest BCUT2D eigenvalue weighted by atomic mass is 15.1. The first-order valence-electron chi connectivity index (χ1n) is 21.9. The second-order valence-electron chi connectivity index (χ2n) is 16.4. The van der Waals surface area contributed by atoms with Crippen LogP contribution in [0.4, 0.5) is 17.1 Å². The van der Waals surface area contributed by atoms with Crippen LogP contribution in [0.5, 0.6) is 0 Å². The zero-order valence-corrected chi connectivity index (χ0v) is 35.0. The summed E-state index contributed by atoms with van der Waals surface area (Å²) < 4.78 is 0. The van der Waals surface area contributed by atoms with Crippen molar-refractivity contribution in [1.82, 2.24) is 0 Å². The van der Waals surface area contributed by atoms with Crippen molar-refractivity contribution < 1.29 is 0 Å². The minimum atomic E-state index is 0.391. The number of nitrogens with zero attached hydrogens (tertiary/aromatic N) is 1. The summed E-state index contributed by atoms with van der Waals surface area (Å²) in [5.41, 5.74) is 16.6. The van der Waals surface area contributed by atoms with Gasteiger partial charge in [-0.3, -0.25) is 0 Å². The molecule has 0 radical (unpaired) electrons. The highest BCUT2D eigenvalue weighted by molar-refractivity contribution is 6.13. The van der Waals surface area contributed by atoms with Crippen LogP contribution < -0.4 is 4.90 Å². The average molecular weight is 804 g/mol. The third-order valence-electron chi connectivity index (χ3n) is 12.6. The van der Waals surface area contributed by atoms with Gasteiger partial charge in [-0.15, -0.1) is 0 Å². The van der Waals surface area contributed by atoms with Crippen LogP contribution in [0.1, 0.15) is 17.9 Å². The molecule has 1 aliphatic rings. The number of anilines is 3. The normalized spacial score (nSPS) is 13.4. The van der Waals surface area contributed by atoms with Crippen LogP contribution in [-0.2, 0) is 0 Å². The van der Waals surface area contributed by atoms with Gasteiger partial charge < -0.3 is 4.90 Å². The lowest BCUT2D eigenvalue weighted by molar-refractivity contribution is 0.854. The number of allylic oxidation sites excluding steroid dienone is 4. The summed E-state index contributed by atoms with van der Waals surface area (Å²) in [7, 11) is 0. The minimum Gasteiger partial charge on any atom is -0.310 e. The minimum absolute atomic E-state index is 0.391. The Morgan fingerprint density at radius 3 is 1.56 bits per heavy atom. The monoisotopic (exact) mass is 803 g/mol. The number of fused-ring (bicyclic) bond motifs is 3. The lowest BCUT2D eigenvalue weighted by atomic mass is 9.89. The second kappa shape index (κ2) is 16.8. The molecule has 1 nitrogen and oxygen atoms in total. The van der Waals surface area contributed by atoms with Gasteiger partial charge in [0.2, 0.25) is 0 Å². The Kier molecular flexibility index (Phi) is 10.1. The Balaban J connectivity index is 1.06. The Hall–Kier alpha value is -8.00. The van der Waals surface area contributed by atoms with Gasteiger partial charge in [-0.2, -0.15) is 0 Å². The van der Waals surface area contributed by atoms with Crippen molar-refractivity contribution in [2.45, 2.75) is 12.3 Å². The van der Waals surface area contributed by atoms with Gasteiger partial charge in [0.15, 0.2) is 0 Å². The molecule has 0 fully saturated rings. The number of rotatable bonds is 9. The van der Waals surface area contributed by atoms with Gasteiger partial charge in [-0.05, 0) is 138 Å². The van der Waals surface area contributed by atoms with E-state index in [4.69, 9.17) is 0 Å². The molecule has 0 aromatic heterocycles. The molecule has 10 aromatic rings. The van der Waals surface area contributed by atoms with E-state index in [9.17, 15) is 0 Å². The van der Waals surface area contributed by atoms with Crippen LogP contribution in [0.15, 0.2) is 255 Å². The molecular formula is C62H45N. The third-order valence-corrected chi connectivity index (χ3v) is 12.6. The van der Waals surface area contributed by atoms with Crippen LogP contribution in [0.3, 0.4) is 0 Å². The molecule has 0 spiro atoms. The predicted molar refractivity (Wildman–Crippen MR) is 269 cm³/mol. The topological polar surface area (TPSA) is 3.24 Å². The average Bonchev–Trinajstić information content (AvgIpc) is 3.37. The van der Waals surface area contributed by atoms with Gasteiger partial charge in [0.25, 0.3) is 0 Å². The maximum Gasteiger partial charge on any atom is 0.0468 e. The van der Waals surface area contributed by atoms with E-state index >= 15 is 0 Å². The number of hydrogen-bond donors (Lipinski definition) is 0. The summed E-state index contributed by atoms with van der Waals surface area (Å²) in [6.45, 7) is 0. The molecule has 63 heavy (non-hydrogen) atoms. The standard InChI is InChI=1S/C62H45N/c1-4-15-44(16-5-1)47-27-29-49(30-28-47)62-43-56(39-40-58(62)52-23-14-22-51(41-52)46-19-8-3-9-20-46)63(54-35-31-48(32-36-54)45-17-6-2-7-18-45)55-37-33-50(34-38-55)61-42-53-21-10-11-24-57(53)59-25-12-13-26-60(59)61/h1-15,17-44H,16H2. The Morgan fingerprint density at radius 1 is 0.317 bits per heavy atom. The van der Waals surface area contributed by atoms with Crippen LogP contribution in [0.2, 0.25) is 0 Å². The fourth-order valence-corrected chi connectivity index (χ4v) is 9.36. The molecule has 1 heteroatoms. The van der Waals surface area contributed by atoms with Crippen LogP contribution in [-0.4, -0.2) is 0 Å². The van der Waals surface area contributed by atoms with E-state index < -0.39 is 0 Å².